The van der Waals surface area contributed by atoms with Crippen molar-refractivity contribution in [3.05, 3.63) is 41.6 Å². The molecule has 3 rings (SSSR count). The van der Waals surface area contributed by atoms with Gasteiger partial charge in [-0.3, -0.25) is 9.10 Å². The first-order valence-electron chi connectivity index (χ1n) is 10.1. The number of para-hydroxylation sites is 1. The van der Waals surface area contributed by atoms with Crippen molar-refractivity contribution in [3.8, 4) is 5.75 Å². The van der Waals surface area contributed by atoms with Crippen LogP contribution in [0.15, 0.2) is 40.4 Å². The minimum atomic E-state index is -3.90. The minimum absolute atomic E-state index is 0.0450. The third kappa shape index (κ3) is 5.38. The van der Waals surface area contributed by atoms with Gasteiger partial charge in [0.1, 0.15) is 5.75 Å². The Morgan fingerprint density at radius 3 is 2.52 bits per heavy atom. The summed E-state index contributed by atoms with van der Waals surface area (Å²) in [5, 5.41) is 3.09. The number of benzene rings is 1. The predicted octanol–water partition coefficient (Wildman–Crippen LogP) is 3.33. The number of methoxy groups -OCH3 is 1. The quantitative estimate of drug-likeness (QED) is 0.793. The number of nitrogens with zero attached hydrogens (tertiary/aromatic N) is 2. The van der Waals surface area contributed by atoms with Gasteiger partial charge >= 0.3 is 10.2 Å². The van der Waals surface area contributed by atoms with Crippen LogP contribution in [0, 0.1) is 0 Å². The molecule has 8 heteroatoms. The van der Waals surface area contributed by atoms with Crippen LogP contribution in [-0.2, 0) is 21.5 Å². The highest BCUT2D eigenvalue weighted by Gasteiger charge is 2.29. The molecule has 0 atom stereocenters. The van der Waals surface area contributed by atoms with E-state index >= 15 is 0 Å². The SMILES string of the molecule is COc1ccccc1CN1C=C(C(=O)NC2CCCCCCC2)C(C)=NS1(=O)=O. The lowest BCUT2D eigenvalue weighted by atomic mass is 9.96. The summed E-state index contributed by atoms with van der Waals surface area (Å²) in [6.45, 7) is 1.60. The van der Waals surface area contributed by atoms with E-state index in [0.717, 1.165) is 30.0 Å². The topological polar surface area (TPSA) is 88.1 Å². The van der Waals surface area contributed by atoms with Crippen molar-refractivity contribution in [2.45, 2.75) is 64.5 Å². The van der Waals surface area contributed by atoms with Crippen LogP contribution in [0.25, 0.3) is 0 Å². The van der Waals surface area contributed by atoms with Crippen LogP contribution in [0.4, 0.5) is 0 Å². The van der Waals surface area contributed by atoms with Gasteiger partial charge in [0.25, 0.3) is 5.91 Å². The average molecular weight is 420 g/mol. The van der Waals surface area contributed by atoms with E-state index in [1.165, 1.54) is 32.6 Å². The number of hydrogen-bond acceptors (Lipinski definition) is 4. The Hall–Kier alpha value is -2.35. The summed E-state index contributed by atoms with van der Waals surface area (Å²) in [7, 11) is -2.36. The molecular weight excluding hydrogens is 390 g/mol. The van der Waals surface area contributed by atoms with Crippen LogP contribution < -0.4 is 10.1 Å². The van der Waals surface area contributed by atoms with Gasteiger partial charge in [0.05, 0.1) is 24.9 Å². The normalized spacial score (nSPS) is 20.1. The molecule has 158 valence electrons. The van der Waals surface area contributed by atoms with Crippen LogP contribution in [0.1, 0.15) is 57.4 Å². The number of rotatable bonds is 5. The van der Waals surface area contributed by atoms with E-state index in [-0.39, 0.29) is 29.8 Å². The second-order valence-electron chi connectivity index (χ2n) is 7.57. The van der Waals surface area contributed by atoms with Gasteiger partial charge in [-0.25, -0.2) is 0 Å². The van der Waals surface area contributed by atoms with Crippen molar-refractivity contribution in [1.82, 2.24) is 9.62 Å². The molecule has 0 saturated heterocycles. The summed E-state index contributed by atoms with van der Waals surface area (Å²) < 4.78 is 35.4. The maximum absolute atomic E-state index is 12.9. The number of carbonyl (C=O) groups excluding carboxylic acids is 1. The summed E-state index contributed by atoms with van der Waals surface area (Å²) in [6, 6.07) is 7.32. The number of hydrogen-bond donors (Lipinski definition) is 1. The summed E-state index contributed by atoms with van der Waals surface area (Å²) in [5.74, 6) is 0.319. The van der Waals surface area contributed by atoms with Gasteiger partial charge < -0.3 is 10.1 Å². The Labute approximate surface area is 173 Å². The fraction of sp³-hybridized carbons (Fsp3) is 0.524. The molecular formula is C21H29N3O4S. The highest BCUT2D eigenvalue weighted by Crippen LogP contribution is 2.25. The summed E-state index contributed by atoms with van der Waals surface area (Å²) in [5.41, 5.74) is 1.20. The zero-order valence-corrected chi connectivity index (χ0v) is 17.9. The van der Waals surface area contributed by atoms with E-state index in [4.69, 9.17) is 4.74 Å². The second-order valence-corrected chi connectivity index (χ2v) is 9.12. The van der Waals surface area contributed by atoms with Crippen LogP contribution >= 0.6 is 0 Å². The van der Waals surface area contributed by atoms with E-state index in [9.17, 15) is 13.2 Å². The molecule has 1 N–H and O–H groups in total. The van der Waals surface area contributed by atoms with Gasteiger partial charge in [0.15, 0.2) is 0 Å². The van der Waals surface area contributed by atoms with E-state index in [1.807, 2.05) is 12.1 Å². The van der Waals surface area contributed by atoms with Crippen molar-refractivity contribution in [2.24, 2.45) is 4.40 Å². The van der Waals surface area contributed by atoms with Gasteiger partial charge in [-0.05, 0) is 25.8 Å². The molecule has 7 nitrogen and oxygen atoms in total. The molecule has 1 fully saturated rings. The molecule has 1 aromatic rings. The largest absolute Gasteiger partial charge is 0.496 e. The average Bonchev–Trinajstić information content (AvgIpc) is 2.65. The van der Waals surface area contributed by atoms with Gasteiger partial charge in [0.2, 0.25) is 0 Å². The molecule has 29 heavy (non-hydrogen) atoms. The zero-order chi connectivity index (χ0) is 20.9. The summed E-state index contributed by atoms with van der Waals surface area (Å²) in [4.78, 5) is 12.9. The molecule has 1 amide bonds. The number of amides is 1. The molecule has 1 aliphatic carbocycles. The predicted molar refractivity (Wildman–Crippen MR) is 113 cm³/mol. The maximum atomic E-state index is 12.9. The highest BCUT2D eigenvalue weighted by atomic mass is 32.2. The Kier molecular flexibility index (Phi) is 6.95. The Morgan fingerprint density at radius 1 is 1.17 bits per heavy atom. The fourth-order valence-corrected chi connectivity index (χ4v) is 4.88. The van der Waals surface area contributed by atoms with Crippen molar-refractivity contribution >= 4 is 21.8 Å². The van der Waals surface area contributed by atoms with Gasteiger partial charge in [-0.15, -0.1) is 4.40 Å². The van der Waals surface area contributed by atoms with E-state index in [2.05, 4.69) is 9.71 Å². The molecule has 2 aliphatic rings. The first-order chi connectivity index (χ1) is 13.9. The lowest BCUT2D eigenvalue weighted by Gasteiger charge is -2.26. The lowest BCUT2D eigenvalue weighted by molar-refractivity contribution is -0.117. The monoisotopic (exact) mass is 419 g/mol. The Bertz CT molecular complexity index is 900. The molecule has 0 radical (unpaired) electrons. The van der Waals surface area contributed by atoms with Crippen molar-refractivity contribution < 1.29 is 17.9 Å². The van der Waals surface area contributed by atoms with Crippen molar-refractivity contribution in [2.75, 3.05) is 7.11 Å². The third-order valence-electron chi connectivity index (χ3n) is 5.42. The fourth-order valence-electron chi connectivity index (χ4n) is 3.79. The molecule has 1 heterocycles. The van der Waals surface area contributed by atoms with Crippen LogP contribution in [0.2, 0.25) is 0 Å². The van der Waals surface area contributed by atoms with Gasteiger partial charge in [-0.2, -0.15) is 8.42 Å². The zero-order valence-electron chi connectivity index (χ0n) is 17.1. The number of nitrogens with one attached hydrogen (secondary N) is 1. The molecule has 1 saturated carbocycles. The third-order valence-corrected chi connectivity index (χ3v) is 6.75. The summed E-state index contributed by atoms with van der Waals surface area (Å²) >= 11 is 0. The van der Waals surface area contributed by atoms with E-state index in [1.54, 1.807) is 19.1 Å². The first kappa shape index (κ1) is 21.4. The number of carbonyl (C=O) groups is 1. The van der Waals surface area contributed by atoms with Gasteiger partial charge in [0, 0.05) is 17.8 Å². The van der Waals surface area contributed by atoms with Crippen molar-refractivity contribution in [1.29, 1.82) is 0 Å². The molecule has 1 aliphatic heterocycles. The van der Waals surface area contributed by atoms with Crippen LogP contribution in [-0.4, -0.2) is 37.5 Å². The van der Waals surface area contributed by atoms with Gasteiger partial charge in [-0.1, -0.05) is 50.3 Å². The minimum Gasteiger partial charge on any atom is -0.496 e. The molecule has 0 unspecified atom stereocenters. The second kappa shape index (κ2) is 9.43. The lowest BCUT2D eigenvalue weighted by Crippen LogP contribution is -2.40. The van der Waals surface area contributed by atoms with E-state index in [0.29, 0.717) is 11.3 Å². The standard InChI is InChI=1S/C21H29N3O4S/c1-16-19(21(25)22-18-11-6-4-3-5-7-12-18)15-24(29(26,27)23-16)14-17-10-8-9-13-20(17)28-2/h8-10,13,15,18H,3-7,11-12,14H2,1-2H3,(H,22,25). The first-order valence-corrected chi connectivity index (χ1v) is 11.5. The smallest absolute Gasteiger partial charge is 0.344 e. The van der Waals surface area contributed by atoms with Crippen molar-refractivity contribution in [3.63, 3.8) is 0 Å². The highest BCUT2D eigenvalue weighted by molar-refractivity contribution is 7.88. The molecule has 0 bridgehead atoms. The van der Waals surface area contributed by atoms with Crippen LogP contribution in [0.5, 0.6) is 5.75 Å². The summed E-state index contributed by atoms with van der Waals surface area (Å²) in [6.07, 6.45) is 9.16. The maximum Gasteiger partial charge on any atom is 0.344 e. The molecule has 0 spiro atoms. The Morgan fingerprint density at radius 2 is 1.83 bits per heavy atom. The molecule has 1 aromatic carbocycles. The number of ether oxygens (including phenoxy) is 1. The Balaban J connectivity index is 1.79. The molecule has 0 aromatic heterocycles. The van der Waals surface area contributed by atoms with E-state index < -0.39 is 10.2 Å². The van der Waals surface area contributed by atoms with Crippen LogP contribution in [0.3, 0.4) is 0 Å².